The van der Waals surface area contributed by atoms with Crippen molar-refractivity contribution >= 4 is 28.4 Å². The quantitative estimate of drug-likeness (QED) is 0.459. The van der Waals surface area contributed by atoms with Crippen molar-refractivity contribution in [1.29, 1.82) is 0 Å². The van der Waals surface area contributed by atoms with Crippen LogP contribution in [0.25, 0.3) is 11.2 Å². The number of nitrogens with zero attached hydrogens (tertiary/aromatic N) is 5. The Balaban J connectivity index is 1.75. The Morgan fingerprint density at radius 1 is 1.03 bits per heavy atom. The monoisotopic (exact) mass is 430 g/mol. The molecule has 0 aliphatic heterocycles. The fourth-order valence-corrected chi connectivity index (χ4v) is 3.07. The van der Waals surface area contributed by atoms with E-state index in [1.807, 2.05) is 43.3 Å². The third-order valence-electron chi connectivity index (χ3n) is 4.61. The molecule has 0 saturated heterocycles. The predicted octanol–water partition coefficient (Wildman–Crippen LogP) is 4.84. The summed E-state index contributed by atoms with van der Waals surface area (Å²) in [4.78, 5) is 13.5. The van der Waals surface area contributed by atoms with Crippen LogP contribution in [0, 0.1) is 5.82 Å². The maximum Gasteiger partial charge on any atom is 0.451 e. The normalized spacial score (nSPS) is 11.7. The summed E-state index contributed by atoms with van der Waals surface area (Å²) in [6, 6.07) is 13.0. The van der Waals surface area contributed by atoms with E-state index < -0.39 is 17.8 Å². The van der Waals surface area contributed by atoms with Gasteiger partial charge in [0.15, 0.2) is 17.0 Å². The Morgan fingerprint density at radius 3 is 2.42 bits per heavy atom. The average molecular weight is 430 g/mol. The number of alkyl halides is 3. The van der Waals surface area contributed by atoms with Crippen LogP contribution in [0.15, 0.2) is 54.9 Å². The van der Waals surface area contributed by atoms with Crippen molar-refractivity contribution in [3.8, 4) is 0 Å². The van der Waals surface area contributed by atoms with Gasteiger partial charge in [-0.2, -0.15) is 13.2 Å². The summed E-state index contributed by atoms with van der Waals surface area (Å²) in [6.07, 6.45) is -3.34. The van der Waals surface area contributed by atoms with E-state index in [0.717, 1.165) is 17.3 Å². The second-order valence-corrected chi connectivity index (χ2v) is 7.13. The van der Waals surface area contributed by atoms with Gasteiger partial charge in [-0.05, 0) is 35.9 Å². The van der Waals surface area contributed by atoms with Crippen molar-refractivity contribution in [3.05, 3.63) is 72.1 Å². The van der Waals surface area contributed by atoms with Gasteiger partial charge in [-0.25, -0.2) is 19.3 Å². The molecule has 1 N–H and O–H groups in total. The van der Waals surface area contributed by atoms with Crippen LogP contribution in [0.2, 0.25) is 0 Å². The zero-order valence-corrected chi connectivity index (χ0v) is 16.7. The molecule has 0 bridgehead atoms. The molecular formula is C21H18F4N6. The van der Waals surface area contributed by atoms with Crippen molar-refractivity contribution < 1.29 is 17.6 Å². The Kier molecular flexibility index (Phi) is 5.22. The number of rotatable bonds is 5. The van der Waals surface area contributed by atoms with Gasteiger partial charge in [0.25, 0.3) is 0 Å². The molecule has 0 spiro atoms. The second kappa shape index (κ2) is 7.86. The van der Waals surface area contributed by atoms with Crippen LogP contribution in [0.5, 0.6) is 0 Å². The molecule has 0 unspecified atom stereocenters. The van der Waals surface area contributed by atoms with E-state index in [-0.39, 0.29) is 29.2 Å². The van der Waals surface area contributed by atoms with Gasteiger partial charge in [0.2, 0.25) is 5.82 Å². The van der Waals surface area contributed by atoms with E-state index in [4.69, 9.17) is 0 Å². The molecule has 10 heteroatoms. The molecule has 2 aromatic heterocycles. The summed E-state index contributed by atoms with van der Waals surface area (Å²) in [5.41, 5.74) is 2.31. The fraction of sp³-hybridized carbons (Fsp3) is 0.190. The van der Waals surface area contributed by atoms with Crippen LogP contribution in [-0.2, 0) is 12.7 Å². The molecule has 2 heterocycles. The minimum absolute atomic E-state index is 0.0258. The topological polar surface area (TPSA) is 58.9 Å². The minimum Gasteiger partial charge on any atom is -0.378 e. The van der Waals surface area contributed by atoms with Crippen molar-refractivity contribution in [2.24, 2.45) is 0 Å². The number of aromatic nitrogens is 4. The lowest BCUT2D eigenvalue weighted by molar-refractivity contribution is -0.144. The van der Waals surface area contributed by atoms with E-state index in [0.29, 0.717) is 0 Å². The summed E-state index contributed by atoms with van der Waals surface area (Å²) >= 11 is 0. The number of hydrogen-bond acceptors (Lipinski definition) is 5. The lowest BCUT2D eigenvalue weighted by Gasteiger charge is -2.13. The maximum atomic E-state index is 13.5. The van der Waals surface area contributed by atoms with Crippen molar-refractivity contribution in [2.45, 2.75) is 12.7 Å². The standard InChI is InChI=1S/C21H18F4N6/c1-30(2)16-8-6-13(7-9-16)11-31-12-26-17-18(27-15-5-3-4-14(22)10-15)28-20(21(23,24)25)29-19(17)31/h3-10,12H,11H2,1-2H3,(H,27,28,29). The third-order valence-corrected chi connectivity index (χ3v) is 4.61. The van der Waals surface area contributed by atoms with Gasteiger partial charge >= 0.3 is 6.18 Å². The molecule has 0 saturated carbocycles. The largest absolute Gasteiger partial charge is 0.451 e. The molecule has 0 atom stereocenters. The Hall–Kier alpha value is -3.69. The molecule has 0 radical (unpaired) electrons. The number of halogens is 4. The molecule has 2 aromatic carbocycles. The van der Waals surface area contributed by atoms with Gasteiger partial charge in [0, 0.05) is 25.5 Å². The van der Waals surface area contributed by atoms with E-state index in [9.17, 15) is 17.6 Å². The highest BCUT2D eigenvalue weighted by Crippen LogP contribution is 2.31. The number of imidazole rings is 1. The fourth-order valence-electron chi connectivity index (χ4n) is 3.07. The average Bonchev–Trinajstić information content (AvgIpc) is 3.11. The summed E-state index contributed by atoms with van der Waals surface area (Å²) in [5, 5.41) is 2.72. The van der Waals surface area contributed by atoms with Crippen molar-refractivity contribution in [2.75, 3.05) is 24.3 Å². The van der Waals surface area contributed by atoms with Crippen LogP contribution in [0.1, 0.15) is 11.4 Å². The van der Waals surface area contributed by atoms with E-state index in [2.05, 4.69) is 20.3 Å². The molecule has 4 aromatic rings. The molecule has 160 valence electrons. The molecule has 0 aliphatic carbocycles. The lowest BCUT2D eigenvalue weighted by atomic mass is 10.2. The summed E-state index contributed by atoms with van der Waals surface area (Å²) in [6.45, 7) is 0.276. The van der Waals surface area contributed by atoms with Gasteiger partial charge in [-0.15, -0.1) is 0 Å². The van der Waals surface area contributed by atoms with E-state index in [1.165, 1.54) is 29.1 Å². The van der Waals surface area contributed by atoms with Crippen LogP contribution < -0.4 is 10.2 Å². The lowest BCUT2D eigenvalue weighted by Crippen LogP contribution is -2.14. The molecule has 0 fully saturated rings. The number of anilines is 3. The highest BCUT2D eigenvalue weighted by atomic mass is 19.4. The molecule has 4 rings (SSSR count). The number of fused-ring (bicyclic) bond motifs is 1. The van der Waals surface area contributed by atoms with Crippen LogP contribution in [-0.4, -0.2) is 33.6 Å². The molecule has 6 nitrogen and oxygen atoms in total. The highest BCUT2D eigenvalue weighted by Gasteiger charge is 2.36. The Bertz CT molecular complexity index is 1210. The van der Waals surface area contributed by atoms with Crippen LogP contribution >= 0.6 is 0 Å². The van der Waals surface area contributed by atoms with Gasteiger partial charge in [-0.1, -0.05) is 18.2 Å². The van der Waals surface area contributed by atoms with E-state index >= 15 is 0 Å². The molecule has 31 heavy (non-hydrogen) atoms. The SMILES string of the molecule is CN(C)c1ccc(Cn2cnc3c(Nc4cccc(F)c4)nc(C(F)(F)F)nc32)cc1. The smallest absolute Gasteiger partial charge is 0.378 e. The predicted molar refractivity (Wildman–Crippen MR) is 110 cm³/mol. The summed E-state index contributed by atoms with van der Waals surface area (Å²) < 4.78 is 55.3. The Morgan fingerprint density at radius 2 is 1.77 bits per heavy atom. The van der Waals surface area contributed by atoms with Gasteiger partial charge in [0.1, 0.15) is 5.82 Å². The first kappa shape index (κ1) is 20.6. The zero-order chi connectivity index (χ0) is 22.2. The molecule has 0 amide bonds. The van der Waals surface area contributed by atoms with Gasteiger partial charge in [-0.3, -0.25) is 0 Å². The first-order valence-electron chi connectivity index (χ1n) is 9.29. The second-order valence-electron chi connectivity index (χ2n) is 7.13. The van der Waals surface area contributed by atoms with Gasteiger partial charge < -0.3 is 14.8 Å². The van der Waals surface area contributed by atoms with Crippen molar-refractivity contribution in [3.63, 3.8) is 0 Å². The van der Waals surface area contributed by atoms with Crippen LogP contribution in [0.3, 0.4) is 0 Å². The van der Waals surface area contributed by atoms with E-state index in [1.54, 1.807) is 0 Å². The first-order chi connectivity index (χ1) is 14.7. The minimum atomic E-state index is -4.75. The third kappa shape index (κ3) is 4.42. The summed E-state index contributed by atoms with van der Waals surface area (Å²) in [5.74, 6) is -1.98. The highest BCUT2D eigenvalue weighted by molar-refractivity contribution is 5.85. The Labute approximate surface area is 175 Å². The van der Waals surface area contributed by atoms with Crippen molar-refractivity contribution in [1.82, 2.24) is 19.5 Å². The maximum absolute atomic E-state index is 13.5. The zero-order valence-electron chi connectivity index (χ0n) is 16.7. The van der Waals surface area contributed by atoms with Crippen LogP contribution in [0.4, 0.5) is 34.8 Å². The first-order valence-corrected chi connectivity index (χ1v) is 9.29. The number of nitrogens with one attached hydrogen (secondary N) is 1. The molecular weight excluding hydrogens is 412 g/mol. The summed E-state index contributed by atoms with van der Waals surface area (Å²) in [7, 11) is 3.84. The number of benzene rings is 2. The number of hydrogen-bond donors (Lipinski definition) is 1. The molecule has 0 aliphatic rings. The van der Waals surface area contributed by atoms with Gasteiger partial charge in [0.05, 0.1) is 12.9 Å².